The first-order valence-electron chi connectivity index (χ1n) is 6.14. The zero-order valence-electron chi connectivity index (χ0n) is 10.9. The first-order chi connectivity index (χ1) is 10.1. The second-order valence-corrected chi connectivity index (χ2v) is 4.64. The summed E-state index contributed by atoms with van der Waals surface area (Å²) < 4.78 is 31.0. The van der Waals surface area contributed by atoms with E-state index in [1.165, 1.54) is 0 Å². The zero-order chi connectivity index (χ0) is 15.2. The molecule has 0 spiro atoms. The summed E-state index contributed by atoms with van der Waals surface area (Å²) in [6, 6.07) is 9.96. The molecule has 0 radical (unpaired) electrons. The van der Waals surface area contributed by atoms with Crippen molar-refractivity contribution in [1.29, 1.82) is 0 Å². The Morgan fingerprint density at radius 1 is 1.19 bits per heavy atom. The lowest BCUT2D eigenvalue weighted by Crippen LogP contribution is -2.28. The summed E-state index contributed by atoms with van der Waals surface area (Å²) in [6.07, 6.45) is 0. The van der Waals surface area contributed by atoms with Crippen LogP contribution in [0, 0.1) is 11.6 Å². The Kier molecular flexibility index (Phi) is 5.11. The molecule has 0 atom stereocenters. The van der Waals surface area contributed by atoms with Crippen LogP contribution < -0.4 is 10.1 Å². The molecule has 0 saturated heterocycles. The minimum absolute atomic E-state index is 0.177. The molecule has 2 aromatic carbocycles. The SMILES string of the molecule is O=C(COc1ccc(F)cc1F)NCc1ccccc1Cl. The van der Waals surface area contributed by atoms with Gasteiger partial charge in [0, 0.05) is 17.6 Å². The van der Waals surface area contributed by atoms with Crippen LogP contribution in [0.3, 0.4) is 0 Å². The second-order valence-electron chi connectivity index (χ2n) is 4.23. The molecule has 6 heteroatoms. The van der Waals surface area contributed by atoms with Gasteiger partial charge < -0.3 is 10.1 Å². The Morgan fingerprint density at radius 3 is 2.67 bits per heavy atom. The van der Waals surface area contributed by atoms with Crippen molar-refractivity contribution in [3.63, 3.8) is 0 Å². The fraction of sp³-hybridized carbons (Fsp3) is 0.133. The maximum absolute atomic E-state index is 13.3. The summed E-state index contributed by atoms with van der Waals surface area (Å²) in [4.78, 5) is 11.6. The molecule has 1 N–H and O–H groups in total. The van der Waals surface area contributed by atoms with E-state index in [4.69, 9.17) is 16.3 Å². The summed E-state index contributed by atoms with van der Waals surface area (Å²) in [7, 11) is 0. The summed E-state index contributed by atoms with van der Waals surface area (Å²) in [5, 5.41) is 3.14. The van der Waals surface area contributed by atoms with Crippen LogP contribution in [-0.2, 0) is 11.3 Å². The van der Waals surface area contributed by atoms with Crippen LogP contribution in [0.15, 0.2) is 42.5 Å². The number of hydrogen-bond acceptors (Lipinski definition) is 2. The average Bonchev–Trinajstić information content (AvgIpc) is 2.45. The predicted octanol–water partition coefficient (Wildman–Crippen LogP) is 3.31. The maximum Gasteiger partial charge on any atom is 0.258 e. The Labute approximate surface area is 125 Å². The van der Waals surface area contributed by atoms with E-state index in [1.54, 1.807) is 24.3 Å². The van der Waals surface area contributed by atoms with Crippen molar-refractivity contribution in [3.8, 4) is 5.75 Å². The second kappa shape index (κ2) is 7.04. The van der Waals surface area contributed by atoms with E-state index < -0.39 is 17.5 Å². The summed E-state index contributed by atoms with van der Waals surface area (Å²) in [5.74, 6) is -2.17. The van der Waals surface area contributed by atoms with Gasteiger partial charge in [0.25, 0.3) is 5.91 Å². The lowest BCUT2D eigenvalue weighted by atomic mass is 10.2. The number of benzene rings is 2. The van der Waals surface area contributed by atoms with E-state index in [0.717, 1.165) is 17.7 Å². The Bertz CT molecular complexity index is 649. The van der Waals surface area contributed by atoms with Crippen LogP contribution in [0.1, 0.15) is 5.56 Å². The van der Waals surface area contributed by atoms with Gasteiger partial charge in [-0.05, 0) is 23.8 Å². The van der Waals surface area contributed by atoms with Gasteiger partial charge in [-0.2, -0.15) is 0 Å². The first kappa shape index (κ1) is 15.3. The summed E-state index contributed by atoms with van der Waals surface area (Å²) >= 11 is 5.95. The highest BCUT2D eigenvalue weighted by molar-refractivity contribution is 6.31. The van der Waals surface area contributed by atoms with Crippen LogP contribution >= 0.6 is 11.6 Å². The fourth-order valence-corrected chi connectivity index (χ4v) is 1.82. The lowest BCUT2D eigenvalue weighted by molar-refractivity contribution is -0.123. The molecular weight excluding hydrogens is 300 g/mol. The number of rotatable bonds is 5. The van der Waals surface area contributed by atoms with Crippen LogP contribution in [-0.4, -0.2) is 12.5 Å². The van der Waals surface area contributed by atoms with Crippen LogP contribution in [0.25, 0.3) is 0 Å². The van der Waals surface area contributed by atoms with Gasteiger partial charge in [-0.15, -0.1) is 0 Å². The van der Waals surface area contributed by atoms with Crippen molar-refractivity contribution >= 4 is 17.5 Å². The first-order valence-corrected chi connectivity index (χ1v) is 6.52. The van der Waals surface area contributed by atoms with Crippen molar-refractivity contribution in [1.82, 2.24) is 5.32 Å². The standard InChI is InChI=1S/C15H12ClF2NO2/c16-12-4-2-1-3-10(12)8-19-15(20)9-21-14-6-5-11(17)7-13(14)18/h1-7H,8-9H2,(H,19,20). The molecule has 2 aromatic rings. The highest BCUT2D eigenvalue weighted by atomic mass is 35.5. The Hall–Kier alpha value is -2.14. The summed E-state index contributed by atoms with van der Waals surface area (Å²) in [5.41, 5.74) is 0.764. The van der Waals surface area contributed by atoms with Crippen LogP contribution in [0.2, 0.25) is 5.02 Å². The quantitative estimate of drug-likeness (QED) is 0.920. The van der Waals surface area contributed by atoms with E-state index >= 15 is 0 Å². The third kappa shape index (κ3) is 4.43. The largest absolute Gasteiger partial charge is 0.481 e. The van der Waals surface area contributed by atoms with E-state index in [9.17, 15) is 13.6 Å². The van der Waals surface area contributed by atoms with Gasteiger partial charge in [0.15, 0.2) is 18.2 Å². The molecule has 110 valence electrons. The van der Waals surface area contributed by atoms with Gasteiger partial charge in [-0.3, -0.25) is 4.79 Å². The molecule has 0 unspecified atom stereocenters. The molecule has 0 bridgehead atoms. The number of nitrogens with one attached hydrogen (secondary N) is 1. The van der Waals surface area contributed by atoms with Crippen molar-refractivity contribution in [3.05, 3.63) is 64.7 Å². The number of ether oxygens (including phenoxy) is 1. The van der Waals surface area contributed by atoms with Crippen molar-refractivity contribution < 1.29 is 18.3 Å². The highest BCUT2D eigenvalue weighted by Crippen LogP contribution is 2.17. The summed E-state index contributed by atoms with van der Waals surface area (Å²) in [6.45, 7) is -0.124. The maximum atomic E-state index is 13.3. The Balaban J connectivity index is 1.84. The molecule has 0 aliphatic heterocycles. The minimum atomic E-state index is -0.853. The molecular formula is C15H12ClF2NO2. The molecule has 2 rings (SSSR count). The van der Waals surface area contributed by atoms with Crippen molar-refractivity contribution in [2.75, 3.05) is 6.61 Å². The molecule has 0 saturated carbocycles. The van der Waals surface area contributed by atoms with Gasteiger partial charge in [-0.25, -0.2) is 8.78 Å². The molecule has 0 aliphatic rings. The van der Waals surface area contributed by atoms with Crippen LogP contribution in [0.5, 0.6) is 5.75 Å². The smallest absolute Gasteiger partial charge is 0.258 e. The average molecular weight is 312 g/mol. The third-order valence-corrected chi connectivity index (χ3v) is 3.06. The zero-order valence-corrected chi connectivity index (χ0v) is 11.7. The van der Waals surface area contributed by atoms with E-state index in [-0.39, 0.29) is 18.9 Å². The molecule has 3 nitrogen and oxygen atoms in total. The molecule has 0 heterocycles. The molecule has 21 heavy (non-hydrogen) atoms. The van der Waals surface area contributed by atoms with E-state index in [0.29, 0.717) is 11.1 Å². The molecule has 0 aromatic heterocycles. The minimum Gasteiger partial charge on any atom is -0.481 e. The van der Waals surface area contributed by atoms with Crippen LogP contribution in [0.4, 0.5) is 8.78 Å². The molecule has 0 aliphatic carbocycles. The Morgan fingerprint density at radius 2 is 1.95 bits per heavy atom. The van der Waals surface area contributed by atoms with Crippen molar-refractivity contribution in [2.24, 2.45) is 0 Å². The van der Waals surface area contributed by atoms with Gasteiger partial charge in [0.1, 0.15) is 5.82 Å². The fourth-order valence-electron chi connectivity index (χ4n) is 1.62. The van der Waals surface area contributed by atoms with Crippen molar-refractivity contribution in [2.45, 2.75) is 6.54 Å². The number of carbonyl (C=O) groups is 1. The normalized spacial score (nSPS) is 10.2. The van der Waals surface area contributed by atoms with E-state index in [2.05, 4.69) is 5.32 Å². The lowest BCUT2D eigenvalue weighted by Gasteiger charge is -2.09. The number of hydrogen-bond donors (Lipinski definition) is 1. The molecule has 0 fully saturated rings. The van der Waals surface area contributed by atoms with Gasteiger partial charge in [0.2, 0.25) is 0 Å². The topological polar surface area (TPSA) is 38.3 Å². The number of halogens is 3. The predicted molar refractivity (Wildman–Crippen MR) is 75.2 cm³/mol. The van der Waals surface area contributed by atoms with Gasteiger partial charge in [-0.1, -0.05) is 29.8 Å². The van der Waals surface area contributed by atoms with Gasteiger partial charge >= 0.3 is 0 Å². The third-order valence-electron chi connectivity index (χ3n) is 2.69. The van der Waals surface area contributed by atoms with E-state index in [1.807, 2.05) is 0 Å². The molecule has 1 amide bonds. The van der Waals surface area contributed by atoms with Gasteiger partial charge in [0.05, 0.1) is 0 Å². The highest BCUT2D eigenvalue weighted by Gasteiger charge is 2.08. The number of carbonyl (C=O) groups excluding carboxylic acids is 1. The number of amides is 1. The monoisotopic (exact) mass is 311 g/mol.